The number of nitrogens with zero attached hydrogens (tertiary/aromatic N) is 2. The topological polar surface area (TPSA) is 29.9 Å². The molecule has 0 saturated heterocycles. The SMILES string of the molecule is Cc1ccc(NCc2nccn2C)c(C)c1. The van der Waals surface area contributed by atoms with Crippen molar-refractivity contribution < 1.29 is 0 Å². The smallest absolute Gasteiger partial charge is 0.127 e. The molecule has 0 saturated carbocycles. The minimum atomic E-state index is 0.757. The van der Waals surface area contributed by atoms with Gasteiger partial charge in [-0.3, -0.25) is 0 Å². The van der Waals surface area contributed by atoms with Gasteiger partial charge in [-0.15, -0.1) is 0 Å². The van der Waals surface area contributed by atoms with E-state index in [1.54, 1.807) is 0 Å². The summed E-state index contributed by atoms with van der Waals surface area (Å²) in [6.07, 6.45) is 3.78. The van der Waals surface area contributed by atoms with E-state index in [1.807, 2.05) is 24.0 Å². The summed E-state index contributed by atoms with van der Waals surface area (Å²) in [6.45, 7) is 4.98. The molecule has 1 heterocycles. The van der Waals surface area contributed by atoms with Gasteiger partial charge in [0.15, 0.2) is 0 Å². The average molecular weight is 215 g/mol. The number of anilines is 1. The minimum Gasteiger partial charge on any atom is -0.378 e. The number of imidazole rings is 1. The molecule has 0 aliphatic heterocycles. The highest BCUT2D eigenvalue weighted by Crippen LogP contribution is 2.16. The number of aromatic nitrogens is 2. The molecule has 3 nitrogen and oxygen atoms in total. The van der Waals surface area contributed by atoms with E-state index in [2.05, 4.69) is 42.3 Å². The Morgan fingerprint density at radius 3 is 2.75 bits per heavy atom. The van der Waals surface area contributed by atoms with Gasteiger partial charge < -0.3 is 9.88 Å². The molecule has 0 atom stereocenters. The van der Waals surface area contributed by atoms with Gasteiger partial charge in [0.2, 0.25) is 0 Å². The molecule has 0 fully saturated rings. The average Bonchev–Trinajstić information content (AvgIpc) is 2.63. The minimum absolute atomic E-state index is 0.757. The predicted octanol–water partition coefficient (Wildman–Crippen LogP) is 2.65. The van der Waals surface area contributed by atoms with Crippen molar-refractivity contribution in [1.29, 1.82) is 0 Å². The van der Waals surface area contributed by atoms with Crippen molar-refractivity contribution in [2.45, 2.75) is 20.4 Å². The summed E-state index contributed by atoms with van der Waals surface area (Å²) in [5.74, 6) is 1.04. The Balaban J connectivity index is 2.08. The van der Waals surface area contributed by atoms with Crippen LogP contribution in [0.1, 0.15) is 17.0 Å². The van der Waals surface area contributed by atoms with E-state index in [9.17, 15) is 0 Å². The van der Waals surface area contributed by atoms with Crippen LogP contribution in [0.25, 0.3) is 0 Å². The zero-order valence-corrected chi connectivity index (χ0v) is 9.99. The van der Waals surface area contributed by atoms with Crippen molar-refractivity contribution in [2.24, 2.45) is 7.05 Å². The lowest BCUT2D eigenvalue weighted by atomic mass is 10.1. The summed E-state index contributed by atoms with van der Waals surface area (Å²) in [5.41, 5.74) is 3.74. The first-order valence-electron chi connectivity index (χ1n) is 5.44. The second-order valence-corrected chi connectivity index (χ2v) is 4.13. The summed E-state index contributed by atoms with van der Waals surface area (Å²) in [6, 6.07) is 6.42. The van der Waals surface area contributed by atoms with Crippen LogP contribution in [0, 0.1) is 13.8 Å². The van der Waals surface area contributed by atoms with Crippen LogP contribution in [0.3, 0.4) is 0 Å². The first kappa shape index (κ1) is 10.7. The number of hydrogen-bond acceptors (Lipinski definition) is 2. The maximum Gasteiger partial charge on any atom is 0.127 e. The van der Waals surface area contributed by atoms with Gasteiger partial charge in [-0.25, -0.2) is 4.98 Å². The Morgan fingerprint density at radius 1 is 1.31 bits per heavy atom. The van der Waals surface area contributed by atoms with E-state index in [1.165, 1.54) is 16.8 Å². The third kappa shape index (κ3) is 2.24. The first-order valence-corrected chi connectivity index (χ1v) is 5.44. The molecule has 1 aromatic heterocycles. The third-order valence-corrected chi connectivity index (χ3v) is 2.74. The first-order chi connectivity index (χ1) is 7.66. The lowest BCUT2D eigenvalue weighted by molar-refractivity contribution is 0.812. The number of rotatable bonds is 3. The van der Waals surface area contributed by atoms with Crippen LogP contribution in [0.2, 0.25) is 0 Å². The molecular weight excluding hydrogens is 198 g/mol. The van der Waals surface area contributed by atoms with Crippen LogP contribution >= 0.6 is 0 Å². The van der Waals surface area contributed by atoms with Gasteiger partial charge >= 0.3 is 0 Å². The van der Waals surface area contributed by atoms with Gasteiger partial charge in [0.1, 0.15) is 5.82 Å². The molecule has 1 N–H and O–H groups in total. The van der Waals surface area contributed by atoms with Crippen molar-refractivity contribution in [2.75, 3.05) is 5.32 Å². The second-order valence-electron chi connectivity index (χ2n) is 4.13. The van der Waals surface area contributed by atoms with Crippen molar-refractivity contribution in [3.8, 4) is 0 Å². The lowest BCUT2D eigenvalue weighted by Crippen LogP contribution is -2.06. The zero-order chi connectivity index (χ0) is 11.5. The fourth-order valence-corrected chi connectivity index (χ4v) is 1.75. The van der Waals surface area contributed by atoms with E-state index in [-0.39, 0.29) is 0 Å². The number of hydrogen-bond donors (Lipinski definition) is 1. The van der Waals surface area contributed by atoms with Crippen LogP contribution in [0.4, 0.5) is 5.69 Å². The van der Waals surface area contributed by atoms with Crippen molar-refractivity contribution in [3.63, 3.8) is 0 Å². The van der Waals surface area contributed by atoms with Gasteiger partial charge in [-0.1, -0.05) is 17.7 Å². The van der Waals surface area contributed by atoms with Gasteiger partial charge in [0, 0.05) is 25.1 Å². The van der Waals surface area contributed by atoms with Crippen molar-refractivity contribution in [3.05, 3.63) is 47.5 Å². The molecule has 0 aliphatic rings. The lowest BCUT2D eigenvalue weighted by Gasteiger charge is -2.10. The number of benzene rings is 1. The standard InChI is InChI=1S/C13H17N3/c1-10-4-5-12(11(2)8-10)15-9-13-14-6-7-16(13)3/h4-8,15H,9H2,1-3H3. The van der Waals surface area contributed by atoms with Crippen LogP contribution in [-0.4, -0.2) is 9.55 Å². The van der Waals surface area contributed by atoms with Crippen LogP contribution < -0.4 is 5.32 Å². The fraction of sp³-hybridized carbons (Fsp3) is 0.308. The molecule has 84 valence electrons. The quantitative estimate of drug-likeness (QED) is 0.853. The number of aryl methyl sites for hydroxylation is 3. The Labute approximate surface area is 96.1 Å². The van der Waals surface area contributed by atoms with Crippen molar-refractivity contribution in [1.82, 2.24) is 9.55 Å². The normalized spacial score (nSPS) is 10.4. The Bertz CT molecular complexity index is 486. The molecule has 0 spiro atoms. The van der Waals surface area contributed by atoms with E-state index in [4.69, 9.17) is 0 Å². The highest BCUT2D eigenvalue weighted by atomic mass is 15.1. The Morgan fingerprint density at radius 2 is 2.12 bits per heavy atom. The molecule has 2 rings (SSSR count). The molecule has 0 amide bonds. The van der Waals surface area contributed by atoms with E-state index < -0.39 is 0 Å². The molecule has 1 aromatic carbocycles. The Hall–Kier alpha value is -1.77. The number of nitrogens with one attached hydrogen (secondary N) is 1. The molecule has 0 radical (unpaired) electrons. The summed E-state index contributed by atoms with van der Waals surface area (Å²) in [4.78, 5) is 4.28. The maximum atomic E-state index is 4.28. The molecule has 2 aromatic rings. The fourth-order valence-electron chi connectivity index (χ4n) is 1.75. The van der Waals surface area contributed by atoms with Gasteiger partial charge in [0.25, 0.3) is 0 Å². The Kier molecular flexibility index (Phi) is 2.95. The summed E-state index contributed by atoms with van der Waals surface area (Å²) < 4.78 is 2.02. The molecule has 0 unspecified atom stereocenters. The molecule has 0 bridgehead atoms. The van der Waals surface area contributed by atoms with E-state index in [0.29, 0.717) is 0 Å². The summed E-state index contributed by atoms with van der Waals surface area (Å²) in [7, 11) is 2.01. The molecular formula is C13H17N3. The van der Waals surface area contributed by atoms with Crippen LogP contribution in [0.5, 0.6) is 0 Å². The van der Waals surface area contributed by atoms with E-state index >= 15 is 0 Å². The molecule has 3 heteroatoms. The monoisotopic (exact) mass is 215 g/mol. The van der Waals surface area contributed by atoms with E-state index in [0.717, 1.165) is 12.4 Å². The van der Waals surface area contributed by atoms with Crippen LogP contribution in [0.15, 0.2) is 30.6 Å². The third-order valence-electron chi connectivity index (χ3n) is 2.74. The van der Waals surface area contributed by atoms with Crippen LogP contribution in [-0.2, 0) is 13.6 Å². The zero-order valence-electron chi connectivity index (χ0n) is 9.99. The second kappa shape index (κ2) is 4.39. The summed E-state index contributed by atoms with van der Waals surface area (Å²) in [5, 5.41) is 3.40. The van der Waals surface area contributed by atoms with Crippen molar-refractivity contribution >= 4 is 5.69 Å². The van der Waals surface area contributed by atoms with Gasteiger partial charge in [-0.05, 0) is 25.5 Å². The molecule has 16 heavy (non-hydrogen) atoms. The highest BCUT2D eigenvalue weighted by molar-refractivity contribution is 5.51. The highest BCUT2D eigenvalue weighted by Gasteiger charge is 2.01. The molecule has 0 aliphatic carbocycles. The summed E-state index contributed by atoms with van der Waals surface area (Å²) >= 11 is 0. The largest absolute Gasteiger partial charge is 0.378 e. The van der Waals surface area contributed by atoms with Gasteiger partial charge in [0.05, 0.1) is 6.54 Å². The maximum absolute atomic E-state index is 4.28. The van der Waals surface area contributed by atoms with Gasteiger partial charge in [-0.2, -0.15) is 0 Å². The predicted molar refractivity (Wildman–Crippen MR) is 66.5 cm³/mol.